The first-order chi connectivity index (χ1) is 8.08. The molecule has 0 unspecified atom stereocenters. The van der Waals surface area contributed by atoms with E-state index < -0.39 is 0 Å². The van der Waals surface area contributed by atoms with Crippen molar-refractivity contribution >= 4 is 0 Å². The monoisotopic (exact) mass is 234 g/mol. The van der Waals surface area contributed by atoms with E-state index in [1.54, 1.807) is 0 Å². The summed E-state index contributed by atoms with van der Waals surface area (Å²) in [6.45, 7) is 4.40. The van der Waals surface area contributed by atoms with E-state index in [9.17, 15) is 0 Å². The van der Waals surface area contributed by atoms with Crippen molar-refractivity contribution in [1.29, 1.82) is 0 Å². The number of fused-ring (bicyclic) bond motifs is 1. The fraction of sp³-hybridized carbons (Fsp3) is 1.00. The lowest BCUT2D eigenvalue weighted by atomic mass is 9.55. The summed E-state index contributed by atoms with van der Waals surface area (Å²) in [5, 5.41) is 0. The number of hydrogen-bond donors (Lipinski definition) is 0. The van der Waals surface area contributed by atoms with Crippen LogP contribution in [-0.2, 0) is 14.2 Å². The van der Waals surface area contributed by atoms with Gasteiger partial charge in [-0.05, 0) is 44.9 Å². The van der Waals surface area contributed by atoms with Crippen LogP contribution in [0.5, 0.6) is 0 Å². The summed E-state index contributed by atoms with van der Waals surface area (Å²) in [4.78, 5) is 0. The van der Waals surface area contributed by atoms with Crippen molar-refractivity contribution in [2.75, 3.05) is 0 Å². The SMILES string of the molecule is C[C@]12O[C@@H]3[C@@H]4O[C@](C)(O1)[C@]15CCC[C@]21[C@@H]3C[C@@H]45. The Morgan fingerprint density at radius 2 is 1.41 bits per heavy atom. The van der Waals surface area contributed by atoms with Gasteiger partial charge in [-0.15, -0.1) is 0 Å². The predicted octanol–water partition coefficient (Wildman–Crippen LogP) is 2.05. The van der Waals surface area contributed by atoms with E-state index in [-0.39, 0.29) is 22.4 Å². The summed E-state index contributed by atoms with van der Waals surface area (Å²) in [6, 6.07) is 0. The third-order valence-electron chi connectivity index (χ3n) is 7.56. The van der Waals surface area contributed by atoms with Crippen LogP contribution in [0.25, 0.3) is 0 Å². The fourth-order valence-corrected chi connectivity index (χ4v) is 7.66. The maximum atomic E-state index is 6.41. The molecule has 0 radical (unpaired) electrons. The van der Waals surface area contributed by atoms with Gasteiger partial charge in [0.05, 0.1) is 12.2 Å². The molecule has 0 aromatic rings. The molecule has 8 atom stereocenters. The molecule has 6 aliphatic rings. The van der Waals surface area contributed by atoms with E-state index in [4.69, 9.17) is 14.2 Å². The second kappa shape index (κ2) is 1.91. The highest BCUT2D eigenvalue weighted by molar-refractivity contribution is 5.37. The molecule has 0 aromatic heterocycles. The molecule has 3 aliphatic carbocycles. The molecule has 0 amide bonds. The largest absolute Gasteiger partial charge is 0.343 e. The highest BCUT2D eigenvalue weighted by Gasteiger charge is 2.96. The molecular formula is C14H18O3. The number of rotatable bonds is 0. The van der Waals surface area contributed by atoms with Crippen molar-refractivity contribution in [2.45, 2.75) is 63.3 Å². The molecule has 17 heavy (non-hydrogen) atoms. The number of ether oxygens (including phenoxy) is 3. The Morgan fingerprint density at radius 3 is 1.94 bits per heavy atom. The van der Waals surface area contributed by atoms with Gasteiger partial charge < -0.3 is 14.2 Å². The topological polar surface area (TPSA) is 27.7 Å². The average Bonchev–Trinajstić information content (AvgIpc) is 2.91. The highest BCUT2D eigenvalue weighted by Crippen LogP contribution is 2.90. The smallest absolute Gasteiger partial charge is 0.176 e. The van der Waals surface area contributed by atoms with E-state index in [2.05, 4.69) is 13.8 Å². The molecule has 3 saturated carbocycles. The van der Waals surface area contributed by atoms with Crippen LogP contribution < -0.4 is 0 Å². The Bertz CT molecular complexity index is 438. The zero-order valence-corrected chi connectivity index (χ0v) is 10.4. The second-order valence-corrected chi connectivity index (χ2v) is 7.40. The fourth-order valence-electron chi connectivity index (χ4n) is 7.66. The van der Waals surface area contributed by atoms with Crippen LogP contribution in [0.2, 0.25) is 0 Å². The van der Waals surface area contributed by atoms with Gasteiger partial charge in [-0.1, -0.05) is 6.42 Å². The van der Waals surface area contributed by atoms with E-state index in [1.807, 2.05) is 0 Å². The Balaban J connectivity index is 1.82. The standard InChI is InChI=1S/C14H18O3/c1-11-13-4-3-5-14(13)8-6-7(13)9(15-11)10(8)16-12(14,2)17-11/h7-10H,3-6H2,1-2H3/t7-,8+,9+,10-,11+,12-,13+,14-. The number of hydrogen-bond acceptors (Lipinski definition) is 3. The Hall–Kier alpha value is -0.120. The van der Waals surface area contributed by atoms with Crippen LogP contribution in [0.1, 0.15) is 39.5 Å². The average molecular weight is 234 g/mol. The highest BCUT2D eigenvalue weighted by atomic mass is 16.8. The van der Waals surface area contributed by atoms with Gasteiger partial charge in [-0.25, -0.2) is 0 Å². The summed E-state index contributed by atoms with van der Waals surface area (Å²) in [7, 11) is 0. The third kappa shape index (κ3) is 0.492. The first kappa shape index (κ1) is 8.89. The van der Waals surface area contributed by atoms with Crippen molar-refractivity contribution in [2.24, 2.45) is 22.7 Å². The van der Waals surface area contributed by atoms with Crippen LogP contribution in [0, 0.1) is 22.7 Å². The Kier molecular flexibility index (Phi) is 1.00. The first-order valence-electron chi connectivity index (χ1n) is 7.14. The minimum atomic E-state index is -0.354. The summed E-state index contributed by atoms with van der Waals surface area (Å²) in [5.41, 5.74) is 0.578. The predicted molar refractivity (Wildman–Crippen MR) is 58.0 cm³/mol. The molecule has 3 heteroatoms. The van der Waals surface area contributed by atoms with Gasteiger partial charge in [0.1, 0.15) is 0 Å². The van der Waals surface area contributed by atoms with Crippen molar-refractivity contribution in [3.05, 3.63) is 0 Å². The molecule has 0 N–H and O–H groups in total. The van der Waals surface area contributed by atoms with Gasteiger partial charge in [0.2, 0.25) is 0 Å². The van der Waals surface area contributed by atoms with Gasteiger partial charge in [0.25, 0.3) is 0 Å². The lowest BCUT2D eigenvalue weighted by Gasteiger charge is -2.42. The van der Waals surface area contributed by atoms with Gasteiger partial charge in [-0.3, -0.25) is 0 Å². The van der Waals surface area contributed by atoms with Crippen LogP contribution >= 0.6 is 0 Å². The normalized spacial score (nSPS) is 80.8. The molecule has 3 saturated heterocycles. The minimum absolute atomic E-state index is 0.289. The molecule has 92 valence electrons. The van der Waals surface area contributed by atoms with E-state index in [0.717, 1.165) is 0 Å². The summed E-state index contributed by atoms with van der Waals surface area (Å²) in [6.07, 6.45) is 5.94. The molecule has 2 bridgehead atoms. The lowest BCUT2D eigenvalue weighted by Crippen LogP contribution is -2.49. The van der Waals surface area contributed by atoms with Crippen molar-refractivity contribution in [3.63, 3.8) is 0 Å². The van der Waals surface area contributed by atoms with Gasteiger partial charge in [0, 0.05) is 10.8 Å². The molecular weight excluding hydrogens is 216 g/mol. The maximum Gasteiger partial charge on any atom is 0.176 e. The summed E-state index contributed by atoms with van der Waals surface area (Å²) >= 11 is 0. The van der Waals surface area contributed by atoms with Crippen LogP contribution in [0.15, 0.2) is 0 Å². The molecule has 0 aromatic carbocycles. The Labute approximate surface area is 101 Å². The van der Waals surface area contributed by atoms with E-state index in [0.29, 0.717) is 24.0 Å². The van der Waals surface area contributed by atoms with Gasteiger partial charge >= 0.3 is 0 Å². The first-order valence-corrected chi connectivity index (χ1v) is 7.14. The minimum Gasteiger partial charge on any atom is -0.343 e. The zero-order chi connectivity index (χ0) is 11.3. The van der Waals surface area contributed by atoms with Gasteiger partial charge in [0.15, 0.2) is 11.6 Å². The van der Waals surface area contributed by atoms with Gasteiger partial charge in [-0.2, -0.15) is 0 Å². The molecule has 3 aliphatic heterocycles. The maximum absolute atomic E-state index is 6.41. The Morgan fingerprint density at radius 1 is 0.882 bits per heavy atom. The molecule has 6 rings (SSSR count). The molecule has 3 heterocycles. The van der Waals surface area contributed by atoms with Crippen LogP contribution in [-0.4, -0.2) is 23.8 Å². The molecule has 3 nitrogen and oxygen atoms in total. The van der Waals surface area contributed by atoms with Crippen molar-refractivity contribution in [1.82, 2.24) is 0 Å². The third-order valence-corrected chi connectivity index (χ3v) is 7.56. The lowest BCUT2D eigenvalue weighted by molar-refractivity contribution is -0.286. The van der Waals surface area contributed by atoms with Crippen molar-refractivity contribution < 1.29 is 14.2 Å². The van der Waals surface area contributed by atoms with Crippen LogP contribution in [0.4, 0.5) is 0 Å². The second-order valence-electron chi connectivity index (χ2n) is 7.40. The quantitative estimate of drug-likeness (QED) is 0.642. The van der Waals surface area contributed by atoms with E-state index in [1.165, 1.54) is 25.7 Å². The summed E-state index contributed by atoms with van der Waals surface area (Å²) < 4.78 is 19.2. The summed E-state index contributed by atoms with van der Waals surface area (Å²) in [5.74, 6) is 0.727. The zero-order valence-electron chi connectivity index (χ0n) is 10.4. The van der Waals surface area contributed by atoms with E-state index >= 15 is 0 Å². The molecule has 6 fully saturated rings. The molecule has 2 spiro atoms. The van der Waals surface area contributed by atoms with Crippen LogP contribution in [0.3, 0.4) is 0 Å². The van der Waals surface area contributed by atoms with Crippen molar-refractivity contribution in [3.8, 4) is 0 Å².